The number of nitro groups is 1. The molecular formula is C13H15N3O3. The van der Waals surface area contributed by atoms with E-state index in [1.807, 2.05) is 6.07 Å². The molecule has 6 nitrogen and oxygen atoms in total. The SMILES string of the molecule is Cc1cccc([N+](=O)[O-])c1C(=O)NCCCCC#N. The van der Waals surface area contributed by atoms with Crippen LogP contribution in [0.15, 0.2) is 18.2 Å². The normalized spacial score (nSPS) is 9.68. The predicted octanol–water partition coefficient (Wildman–Crippen LogP) is 2.33. The summed E-state index contributed by atoms with van der Waals surface area (Å²) in [4.78, 5) is 22.3. The van der Waals surface area contributed by atoms with E-state index in [1.54, 1.807) is 19.1 Å². The van der Waals surface area contributed by atoms with E-state index in [0.29, 0.717) is 31.4 Å². The van der Waals surface area contributed by atoms with Crippen LogP contribution in [0.1, 0.15) is 35.2 Å². The summed E-state index contributed by atoms with van der Waals surface area (Å²) in [7, 11) is 0. The molecule has 0 aliphatic carbocycles. The van der Waals surface area contributed by atoms with Crippen LogP contribution >= 0.6 is 0 Å². The minimum atomic E-state index is -0.558. The number of aryl methyl sites for hydroxylation is 1. The second kappa shape index (κ2) is 7.11. The average Bonchev–Trinajstić information content (AvgIpc) is 2.37. The molecule has 1 amide bonds. The van der Waals surface area contributed by atoms with Gasteiger partial charge in [0.25, 0.3) is 11.6 Å². The van der Waals surface area contributed by atoms with Gasteiger partial charge in [-0.3, -0.25) is 14.9 Å². The Hall–Kier alpha value is -2.42. The molecule has 0 saturated carbocycles. The van der Waals surface area contributed by atoms with E-state index in [4.69, 9.17) is 5.26 Å². The Labute approximate surface area is 111 Å². The zero-order valence-corrected chi connectivity index (χ0v) is 10.7. The Morgan fingerprint density at radius 1 is 1.47 bits per heavy atom. The molecule has 0 aromatic heterocycles. The number of nitrogens with zero attached hydrogens (tertiary/aromatic N) is 2. The molecule has 1 N–H and O–H groups in total. The second-order valence-corrected chi connectivity index (χ2v) is 4.10. The van der Waals surface area contributed by atoms with Gasteiger partial charge in [0.15, 0.2) is 0 Å². The highest BCUT2D eigenvalue weighted by molar-refractivity contribution is 5.99. The van der Waals surface area contributed by atoms with Gasteiger partial charge in [-0.1, -0.05) is 12.1 Å². The lowest BCUT2D eigenvalue weighted by atomic mass is 10.1. The number of amides is 1. The summed E-state index contributed by atoms with van der Waals surface area (Å²) < 4.78 is 0. The number of hydrogen-bond donors (Lipinski definition) is 1. The maximum atomic E-state index is 11.9. The molecule has 0 aliphatic rings. The fourth-order valence-electron chi connectivity index (χ4n) is 1.72. The third-order valence-electron chi connectivity index (χ3n) is 2.68. The minimum absolute atomic E-state index is 0.104. The summed E-state index contributed by atoms with van der Waals surface area (Å²) in [5.74, 6) is -0.443. The van der Waals surface area contributed by atoms with Crippen LogP contribution in [0, 0.1) is 28.4 Å². The number of nitriles is 1. The first-order valence-corrected chi connectivity index (χ1v) is 5.97. The van der Waals surface area contributed by atoms with Crippen LogP contribution in [0.25, 0.3) is 0 Å². The van der Waals surface area contributed by atoms with Crippen LogP contribution in [0.2, 0.25) is 0 Å². The van der Waals surface area contributed by atoms with Crippen molar-refractivity contribution < 1.29 is 9.72 Å². The minimum Gasteiger partial charge on any atom is -0.352 e. The third kappa shape index (κ3) is 4.07. The van der Waals surface area contributed by atoms with Gasteiger partial charge in [-0.2, -0.15) is 5.26 Å². The summed E-state index contributed by atoms with van der Waals surface area (Å²) in [6.45, 7) is 2.07. The van der Waals surface area contributed by atoms with E-state index in [9.17, 15) is 14.9 Å². The van der Waals surface area contributed by atoms with Gasteiger partial charge in [0, 0.05) is 19.0 Å². The van der Waals surface area contributed by atoms with Crippen molar-refractivity contribution in [1.29, 1.82) is 5.26 Å². The van der Waals surface area contributed by atoms with Gasteiger partial charge >= 0.3 is 0 Å². The summed E-state index contributed by atoms with van der Waals surface area (Å²) in [6, 6.07) is 6.55. The summed E-state index contributed by atoms with van der Waals surface area (Å²) in [6.07, 6.45) is 1.83. The molecule has 0 atom stereocenters. The Morgan fingerprint density at radius 2 is 2.21 bits per heavy atom. The molecule has 19 heavy (non-hydrogen) atoms. The standard InChI is InChI=1S/C13H15N3O3/c1-10-6-5-7-11(16(18)19)12(10)13(17)15-9-4-2-3-8-14/h5-7H,2-4,9H2,1H3,(H,15,17). The zero-order chi connectivity index (χ0) is 14.3. The van der Waals surface area contributed by atoms with E-state index in [0.717, 1.165) is 0 Å². The first-order valence-electron chi connectivity index (χ1n) is 5.97. The molecule has 0 radical (unpaired) electrons. The summed E-state index contributed by atoms with van der Waals surface area (Å²) >= 11 is 0. The Balaban J connectivity index is 2.72. The molecule has 0 spiro atoms. The van der Waals surface area contributed by atoms with Gasteiger partial charge in [0.1, 0.15) is 5.56 Å². The number of benzene rings is 1. The topological polar surface area (TPSA) is 96.0 Å². The lowest BCUT2D eigenvalue weighted by Gasteiger charge is -2.07. The van der Waals surface area contributed by atoms with Crippen molar-refractivity contribution >= 4 is 11.6 Å². The molecule has 1 aromatic carbocycles. The maximum Gasteiger partial charge on any atom is 0.282 e. The van der Waals surface area contributed by atoms with Crippen molar-refractivity contribution in [3.8, 4) is 6.07 Å². The molecule has 0 saturated heterocycles. The van der Waals surface area contributed by atoms with Crippen LogP contribution in [-0.2, 0) is 0 Å². The number of carbonyl (C=O) groups is 1. The van der Waals surface area contributed by atoms with Crippen molar-refractivity contribution in [2.75, 3.05) is 6.54 Å². The maximum absolute atomic E-state index is 11.9. The molecule has 0 unspecified atom stereocenters. The summed E-state index contributed by atoms with van der Waals surface area (Å²) in [5, 5.41) is 21.9. The Bertz CT molecular complexity index is 520. The van der Waals surface area contributed by atoms with Crippen LogP contribution in [-0.4, -0.2) is 17.4 Å². The van der Waals surface area contributed by atoms with E-state index in [1.165, 1.54) is 6.07 Å². The van der Waals surface area contributed by atoms with E-state index in [-0.39, 0.29) is 11.3 Å². The quantitative estimate of drug-likeness (QED) is 0.483. The number of unbranched alkanes of at least 4 members (excludes halogenated alkanes) is 2. The lowest BCUT2D eigenvalue weighted by molar-refractivity contribution is -0.385. The molecular weight excluding hydrogens is 246 g/mol. The van der Waals surface area contributed by atoms with Gasteiger partial charge in [-0.25, -0.2) is 0 Å². The predicted molar refractivity (Wildman–Crippen MR) is 69.6 cm³/mol. The monoisotopic (exact) mass is 261 g/mol. The largest absolute Gasteiger partial charge is 0.352 e. The van der Waals surface area contributed by atoms with Crippen molar-refractivity contribution in [2.24, 2.45) is 0 Å². The van der Waals surface area contributed by atoms with Crippen molar-refractivity contribution in [3.05, 3.63) is 39.4 Å². The van der Waals surface area contributed by atoms with Gasteiger partial charge in [0.05, 0.1) is 11.0 Å². The van der Waals surface area contributed by atoms with Crippen LogP contribution in [0.3, 0.4) is 0 Å². The molecule has 1 aromatic rings. The molecule has 1 rings (SSSR count). The molecule has 0 aliphatic heterocycles. The molecule has 0 fully saturated rings. The molecule has 0 bridgehead atoms. The number of nitrogens with one attached hydrogen (secondary N) is 1. The fourth-order valence-corrected chi connectivity index (χ4v) is 1.72. The van der Waals surface area contributed by atoms with E-state index in [2.05, 4.69) is 5.32 Å². The fraction of sp³-hybridized carbons (Fsp3) is 0.385. The molecule has 100 valence electrons. The molecule has 6 heteroatoms. The van der Waals surface area contributed by atoms with E-state index >= 15 is 0 Å². The van der Waals surface area contributed by atoms with E-state index < -0.39 is 10.8 Å². The zero-order valence-electron chi connectivity index (χ0n) is 10.7. The smallest absolute Gasteiger partial charge is 0.282 e. The third-order valence-corrected chi connectivity index (χ3v) is 2.68. The number of hydrogen-bond acceptors (Lipinski definition) is 4. The highest BCUT2D eigenvalue weighted by atomic mass is 16.6. The van der Waals surface area contributed by atoms with Crippen LogP contribution in [0.4, 0.5) is 5.69 Å². The van der Waals surface area contributed by atoms with Gasteiger partial charge < -0.3 is 5.32 Å². The van der Waals surface area contributed by atoms with Crippen molar-refractivity contribution in [1.82, 2.24) is 5.32 Å². The number of nitro benzene ring substituents is 1. The number of carbonyl (C=O) groups excluding carboxylic acids is 1. The highest BCUT2D eigenvalue weighted by Gasteiger charge is 2.21. The summed E-state index contributed by atoms with van der Waals surface area (Å²) in [5.41, 5.74) is 0.492. The van der Waals surface area contributed by atoms with Crippen molar-refractivity contribution in [2.45, 2.75) is 26.2 Å². The highest BCUT2D eigenvalue weighted by Crippen LogP contribution is 2.21. The average molecular weight is 261 g/mol. The molecule has 0 heterocycles. The van der Waals surface area contributed by atoms with Gasteiger partial charge in [-0.15, -0.1) is 0 Å². The first-order chi connectivity index (χ1) is 9.07. The number of rotatable bonds is 6. The van der Waals surface area contributed by atoms with Crippen LogP contribution in [0.5, 0.6) is 0 Å². The van der Waals surface area contributed by atoms with Gasteiger partial charge in [-0.05, 0) is 25.3 Å². The second-order valence-electron chi connectivity index (χ2n) is 4.10. The van der Waals surface area contributed by atoms with Gasteiger partial charge in [0.2, 0.25) is 0 Å². The van der Waals surface area contributed by atoms with Crippen LogP contribution < -0.4 is 5.32 Å². The Morgan fingerprint density at radius 3 is 2.84 bits per heavy atom. The first kappa shape index (κ1) is 14.6. The Kier molecular flexibility index (Phi) is 5.48. The van der Waals surface area contributed by atoms with Crippen molar-refractivity contribution in [3.63, 3.8) is 0 Å². The lowest BCUT2D eigenvalue weighted by Crippen LogP contribution is -2.26.